The molecule has 4 amide bonds. The number of fused-ring (bicyclic) bond motifs is 4. The van der Waals surface area contributed by atoms with Gasteiger partial charge < -0.3 is 14.6 Å². The molecule has 1 saturated carbocycles. The molecule has 270 valence electrons. The van der Waals surface area contributed by atoms with Gasteiger partial charge in [0.2, 0.25) is 11.8 Å². The highest BCUT2D eigenvalue weighted by atomic mass is 127. The molecule has 0 radical (unpaired) electrons. The standard InChI is InChI=1S/C40H32Cl2IN3O7/c1-52-24-13-6-20(7-14-24)40-28(37(49)46(39(40)51)44-30-17-8-21(41)18-29(30)42)19-27-25(35(40)34-31(47)4-3-5-32(34)53-2)15-16-26-33(27)38(50)45(36(26)48)23-11-9-22(43)10-12-23/h3-15,17-18,26-28,33,35,44,47H,16,19H2,1-2H3/t26-,27+,28-,33-,35+,40+/m0/s1. The lowest BCUT2D eigenvalue weighted by Gasteiger charge is -2.50. The van der Waals surface area contributed by atoms with E-state index in [1.54, 1.807) is 60.7 Å². The zero-order valence-electron chi connectivity index (χ0n) is 28.4. The number of carbonyl (C=O) groups excluding carboxylic acids is 4. The third kappa shape index (κ3) is 5.33. The molecule has 4 aromatic rings. The van der Waals surface area contributed by atoms with Gasteiger partial charge in [0, 0.05) is 20.1 Å². The zero-order chi connectivity index (χ0) is 37.3. The Morgan fingerprint density at radius 1 is 0.868 bits per heavy atom. The van der Waals surface area contributed by atoms with Gasteiger partial charge in [-0.15, -0.1) is 0 Å². The lowest BCUT2D eigenvalue weighted by Crippen LogP contribution is -2.53. The summed E-state index contributed by atoms with van der Waals surface area (Å²) in [6.07, 6.45) is 2.22. The van der Waals surface area contributed by atoms with E-state index in [0.717, 1.165) is 8.58 Å². The van der Waals surface area contributed by atoms with E-state index in [-0.39, 0.29) is 41.1 Å². The van der Waals surface area contributed by atoms with Crippen molar-refractivity contribution in [3.8, 4) is 17.2 Å². The number of benzene rings is 4. The summed E-state index contributed by atoms with van der Waals surface area (Å²) >= 11 is 14.9. The quantitative estimate of drug-likeness (QED) is 0.111. The van der Waals surface area contributed by atoms with Crippen LogP contribution in [0.5, 0.6) is 17.2 Å². The number of hydrogen-bond donors (Lipinski definition) is 2. The summed E-state index contributed by atoms with van der Waals surface area (Å²) in [7, 11) is 3.00. The van der Waals surface area contributed by atoms with Gasteiger partial charge in [-0.3, -0.25) is 29.5 Å². The second kappa shape index (κ2) is 13.4. The van der Waals surface area contributed by atoms with Crippen molar-refractivity contribution in [3.63, 3.8) is 0 Å². The second-order valence-electron chi connectivity index (χ2n) is 13.6. The van der Waals surface area contributed by atoms with Gasteiger partial charge in [0.25, 0.3) is 11.8 Å². The molecule has 10 nitrogen and oxygen atoms in total. The molecular weight excluding hydrogens is 832 g/mol. The predicted molar refractivity (Wildman–Crippen MR) is 207 cm³/mol. The number of methoxy groups -OCH3 is 2. The van der Waals surface area contributed by atoms with Crippen LogP contribution in [-0.4, -0.2) is 48.0 Å². The minimum absolute atomic E-state index is 0.0715. The van der Waals surface area contributed by atoms with Crippen LogP contribution in [0.25, 0.3) is 0 Å². The Labute approximate surface area is 328 Å². The van der Waals surface area contributed by atoms with E-state index in [2.05, 4.69) is 28.0 Å². The number of aromatic hydroxyl groups is 1. The molecule has 13 heteroatoms. The van der Waals surface area contributed by atoms with Crippen LogP contribution in [0, 0.1) is 27.2 Å². The fourth-order valence-corrected chi connectivity index (χ4v) is 9.81. The van der Waals surface area contributed by atoms with E-state index < -0.39 is 46.8 Å². The summed E-state index contributed by atoms with van der Waals surface area (Å²) in [5, 5.41) is 13.3. The number of nitrogens with zero attached hydrogens (tertiary/aromatic N) is 2. The van der Waals surface area contributed by atoms with Crippen LogP contribution in [0.3, 0.4) is 0 Å². The molecule has 2 heterocycles. The molecule has 2 saturated heterocycles. The Morgan fingerprint density at radius 2 is 1.60 bits per heavy atom. The molecule has 0 bridgehead atoms. The number of imide groups is 2. The van der Waals surface area contributed by atoms with Gasteiger partial charge in [0.1, 0.15) is 17.2 Å². The lowest BCUT2D eigenvalue weighted by atomic mass is 9.49. The highest BCUT2D eigenvalue weighted by molar-refractivity contribution is 14.1. The molecule has 6 atom stereocenters. The largest absolute Gasteiger partial charge is 0.508 e. The van der Waals surface area contributed by atoms with E-state index in [0.29, 0.717) is 38.9 Å². The van der Waals surface area contributed by atoms with Crippen molar-refractivity contribution >= 4 is 80.8 Å². The molecule has 8 rings (SSSR count). The number of phenols is 1. The number of ether oxygens (including phenoxy) is 2. The molecule has 4 aliphatic rings. The normalized spacial score (nSPS) is 26.2. The summed E-state index contributed by atoms with van der Waals surface area (Å²) < 4.78 is 12.3. The fourth-order valence-electron chi connectivity index (χ4n) is 9.00. The minimum atomic E-state index is -1.65. The number of amides is 4. The molecule has 2 N–H and O–H groups in total. The molecule has 2 aliphatic heterocycles. The monoisotopic (exact) mass is 863 g/mol. The van der Waals surface area contributed by atoms with Crippen molar-refractivity contribution in [2.24, 2.45) is 23.7 Å². The molecule has 2 aliphatic carbocycles. The molecular formula is C40H32Cl2IN3O7. The van der Waals surface area contributed by atoms with Gasteiger partial charge >= 0.3 is 0 Å². The van der Waals surface area contributed by atoms with Crippen LogP contribution in [0.1, 0.15) is 29.9 Å². The first kappa shape index (κ1) is 35.4. The van der Waals surface area contributed by atoms with Crippen LogP contribution in [0.4, 0.5) is 11.4 Å². The number of hydrazine groups is 1. The summed E-state index contributed by atoms with van der Waals surface area (Å²) in [4.78, 5) is 60.3. The first-order valence-electron chi connectivity index (χ1n) is 16.9. The number of phenolic OH excluding ortho intramolecular Hbond substituents is 1. The zero-order valence-corrected chi connectivity index (χ0v) is 32.1. The van der Waals surface area contributed by atoms with E-state index in [1.165, 1.54) is 31.3 Å². The van der Waals surface area contributed by atoms with Crippen LogP contribution >= 0.6 is 45.8 Å². The average Bonchev–Trinajstić information content (AvgIpc) is 3.53. The molecule has 0 unspecified atom stereocenters. The van der Waals surface area contributed by atoms with Gasteiger partial charge in [0.05, 0.1) is 53.8 Å². The van der Waals surface area contributed by atoms with E-state index in [9.17, 15) is 19.5 Å². The van der Waals surface area contributed by atoms with Crippen molar-refractivity contribution in [1.82, 2.24) is 5.01 Å². The number of rotatable bonds is 7. The summed E-state index contributed by atoms with van der Waals surface area (Å²) in [5.41, 5.74) is 3.54. The van der Waals surface area contributed by atoms with E-state index in [1.807, 2.05) is 18.2 Å². The minimum Gasteiger partial charge on any atom is -0.508 e. The van der Waals surface area contributed by atoms with E-state index >= 15 is 4.79 Å². The maximum atomic E-state index is 15.5. The van der Waals surface area contributed by atoms with Crippen molar-refractivity contribution < 1.29 is 33.8 Å². The Morgan fingerprint density at radius 3 is 2.28 bits per heavy atom. The number of hydrogen-bond acceptors (Lipinski definition) is 8. The first-order valence-corrected chi connectivity index (χ1v) is 18.8. The van der Waals surface area contributed by atoms with Crippen molar-refractivity contribution in [2.75, 3.05) is 24.5 Å². The summed E-state index contributed by atoms with van der Waals surface area (Å²) in [6.45, 7) is 0. The second-order valence-corrected chi connectivity index (χ2v) is 15.7. The third-order valence-corrected chi connectivity index (χ3v) is 12.5. The smallest absolute Gasteiger partial charge is 0.260 e. The third-order valence-electron chi connectivity index (χ3n) is 11.2. The van der Waals surface area contributed by atoms with Gasteiger partial charge in [0.15, 0.2) is 0 Å². The lowest BCUT2D eigenvalue weighted by molar-refractivity contribution is -0.138. The Hall–Kier alpha value is -4.59. The Kier molecular flexibility index (Phi) is 8.94. The number of anilines is 2. The average molecular weight is 865 g/mol. The van der Waals surface area contributed by atoms with Crippen LogP contribution in [-0.2, 0) is 24.6 Å². The highest BCUT2D eigenvalue weighted by Crippen LogP contribution is 2.66. The van der Waals surface area contributed by atoms with Crippen LogP contribution in [0.15, 0.2) is 96.6 Å². The number of carbonyl (C=O) groups is 4. The topological polar surface area (TPSA) is 125 Å². The maximum absolute atomic E-state index is 15.5. The van der Waals surface area contributed by atoms with Gasteiger partial charge in [-0.2, -0.15) is 5.01 Å². The molecule has 0 spiro atoms. The molecule has 53 heavy (non-hydrogen) atoms. The van der Waals surface area contributed by atoms with Crippen molar-refractivity contribution in [1.29, 1.82) is 0 Å². The van der Waals surface area contributed by atoms with Gasteiger partial charge in [-0.1, -0.05) is 53.1 Å². The van der Waals surface area contributed by atoms with Crippen molar-refractivity contribution in [3.05, 3.63) is 121 Å². The van der Waals surface area contributed by atoms with E-state index in [4.69, 9.17) is 32.7 Å². The first-order chi connectivity index (χ1) is 25.5. The fraction of sp³-hybridized carbons (Fsp3) is 0.250. The number of halogens is 3. The number of allylic oxidation sites excluding steroid dienone is 2. The Balaban J connectivity index is 1.36. The van der Waals surface area contributed by atoms with Crippen LogP contribution in [0.2, 0.25) is 10.0 Å². The van der Waals surface area contributed by atoms with Gasteiger partial charge in [-0.25, -0.2) is 0 Å². The molecule has 4 aromatic carbocycles. The summed E-state index contributed by atoms with van der Waals surface area (Å²) in [5.74, 6) is -5.32. The molecule has 3 fully saturated rings. The number of nitrogens with one attached hydrogen (secondary N) is 1. The summed E-state index contributed by atoms with van der Waals surface area (Å²) in [6, 6.07) is 23.6. The highest BCUT2D eigenvalue weighted by Gasteiger charge is 2.71. The molecule has 0 aromatic heterocycles. The predicted octanol–water partition coefficient (Wildman–Crippen LogP) is 7.51. The van der Waals surface area contributed by atoms with Crippen molar-refractivity contribution in [2.45, 2.75) is 24.2 Å². The Bertz CT molecular complexity index is 2230. The SMILES string of the molecule is COc1ccc([C@@]23C(=O)N(Nc4ccc(Cl)cc4Cl)C(=O)[C@@H]2C[C@@H]2C(=CC[C@@H]4C(=O)N(c5ccc(I)cc5)C(=O)[C@@H]42)[C@@H]3c2c(O)cccc2OC)cc1. The van der Waals surface area contributed by atoms with Crippen LogP contribution < -0.4 is 19.8 Å². The maximum Gasteiger partial charge on any atom is 0.260 e. The van der Waals surface area contributed by atoms with Gasteiger partial charge in [-0.05, 0) is 114 Å².